The van der Waals surface area contributed by atoms with E-state index in [4.69, 9.17) is 4.74 Å². The fourth-order valence-corrected chi connectivity index (χ4v) is 3.63. The number of nitrogens with zero attached hydrogens (tertiary/aromatic N) is 1. The van der Waals surface area contributed by atoms with Crippen molar-refractivity contribution in [2.24, 2.45) is 0 Å². The minimum Gasteiger partial charge on any atom is -0.386 e. The highest BCUT2D eigenvalue weighted by molar-refractivity contribution is 7.88. The van der Waals surface area contributed by atoms with E-state index in [0.29, 0.717) is 32.4 Å². The molecule has 0 spiro atoms. The van der Waals surface area contributed by atoms with Gasteiger partial charge in [0.2, 0.25) is 15.9 Å². The molecule has 110 valence electrons. The Labute approximate surface area is 113 Å². The van der Waals surface area contributed by atoms with E-state index in [1.165, 1.54) is 4.31 Å². The molecule has 0 aromatic rings. The Kier molecular flexibility index (Phi) is 4.14. The van der Waals surface area contributed by atoms with E-state index in [9.17, 15) is 18.3 Å². The molecular weight excluding hydrogens is 272 g/mol. The van der Waals surface area contributed by atoms with Gasteiger partial charge in [0, 0.05) is 26.1 Å². The van der Waals surface area contributed by atoms with E-state index in [2.05, 4.69) is 5.32 Å². The van der Waals surface area contributed by atoms with Crippen molar-refractivity contribution >= 4 is 15.9 Å². The molecular formula is C11H20N2O5S. The van der Waals surface area contributed by atoms with Crippen molar-refractivity contribution in [1.29, 1.82) is 0 Å². The molecule has 2 aliphatic heterocycles. The largest absolute Gasteiger partial charge is 0.386 e. The van der Waals surface area contributed by atoms with Crippen LogP contribution in [0.5, 0.6) is 0 Å². The van der Waals surface area contributed by atoms with E-state index in [-0.39, 0.29) is 19.1 Å². The first-order valence-electron chi connectivity index (χ1n) is 6.36. The standard InChI is InChI=1S/C11H20N2O5S/c1-19(16,17)13-5-2-3-9(13)10(14)12-7-11(15)4-6-18-8-11/h9,15H,2-8H2,1H3,(H,12,14). The molecule has 2 saturated heterocycles. The van der Waals surface area contributed by atoms with E-state index in [1.54, 1.807) is 0 Å². The lowest BCUT2D eigenvalue weighted by Gasteiger charge is -2.25. The molecule has 19 heavy (non-hydrogen) atoms. The highest BCUT2D eigenvalue weighted by Crippen LogP contribution is 2.21. The monoisotopic (exact) mass is 292 g/mol. The first-order chi connectivity index (χ1) is 8.82. The van der Waals surface area contributed by atoms with Crippen molar-refractivity contribution in [1.82, 2.24) is 9.62 Å². The number of carbonyl (C=O) groups is 1. The number of amides is 1. The lowest BCUT2D eigenvalue weighted by Crippen LogP contribution is -2.50. The van der Waals surface area contributed by atoms with Crippen molar-refractivity contribution in [3.63, 3.8) is 0 Å². The average Bonchev–Trinajstić information content (AvgIpc) is 2.94. The van der Waals surface area contributed by atoms with E-state index in [0.717, 1.165) is 6.26 Å². The summed E-state index contributed by atoms with van der Waals surface area (Å²) in [5.74, 6) is -0.344. The Morgan fingerprint density at radius 3 is 2.89 bits per heavy atom. The third kappa shape index (κ3) is 3.44. The molecule has 2 rings (SSSR count). The fourth-order valence-electron chi connectivity index (χ4n) is 2.50. The van der Waals surface area contributed by atoms with E-state index in [1.807, 2.05) is 0 Å². The molecule has 0 bridgehead atoms. The molecule has 0 aliphatic carbocycles. The third-order valence-corrected chi connectivity index (χ3v) is 4.90. The normalized spacial score (nSPS) is 32.6. The number of ether oxygens (including phenoxy) is 1. The molecule has 0 aromatic carbocycles. The molecule has 7 nitrogen and oxygen atoms in total. The summed E-state index contributed by atoms with van der Waals surface area (Å²) in [6.07, 6.45) is 2.79. The second-order valence-corrected chi connectivity index (χ2v) is 7.21. The summed E-state index contributed by atoms with van der Waals surface area (Å²) in [5.41, 5.74) is -1.02. The van der Waals surface area contributed by atoms with Gasteiger partial charge in [-0.3, -0.25) is 4.79 Å². The van der Waals surface area contributed by atoms with Crippen LogP contribution in [0.4, 0.5) is 0 Å². The zero-order chi connectivity index (χ0) is 14.1. The zero-order valence-corrected chi connectivity index (χ0v) is 11.8. The molecule has 1 amide bonds. The van der Waals surface area contributed by atoms with Crippen LogP contribution in [0.2, 0.25) is 0 Å². The molecule has 8 heteroatoms. The van der Waals surface area contributed by atoms with Gasteiger partial charge in [0.1, 0.15) is 11.6 Å². The SMILES string of the molecule is CS(=O)(=O)N1CCCC1C(=O)NCC1(O)CCOC1. The third-order valence-electron chi connectivity index (χ3n) is 3.61. The molecule has 2 unspecified atom stereocenters. The van der Waals surface area contributed by atoms with Crippen LogP contribution in [-0.2, 0) is 19.6 Å². The van der Waals surface area contributed by atoms with E-state index < -0.39 is 21.7 Å². The van der Waals surface area contributed by atoms with Crippen LogP contribution < -0.4 is 5.32 Å². The lowest BCUT2D eigenvalue weighted by molar-refractivity contribution is -0.125. The number of hydrogen-bond donors (Lipinski definition) is 2. The van der Waals surface area contributed by atoms with Gasteiger partial charge in [-0.2, -0.15) is 4.31 Å². The smallest absolute Gasteiger partial charge is 0.238 e. The van der Waals surface area contributed by atoms with Crippen molar-refractivity contribution < 1.29 is 23.1 Å². The van der Waals surface area contributed by atoms with Crippen LogP contribution in [0.25, 0.3) is 0 Å². The maximum Gasteiger partial charge on any atom is 0.238 e. The summed E-state index contributed by atoms with van der Waals surface area (Å²) in [5, 5.41) is 12.7. The van der Waals surface area contributed by atoms with Gasteiger partial charge < -0.3 is 15.2 Å². The number of carbonyl (C=O) groups excluding carboxylic acids is 1. The van der Waals surface area contributed by atoms with Crippen LogP contribution in [0.1, 0.15) is 19.3 Å². The number of sulfonamides is 1. The highest BCUT2D eigenvalue weighted by atomic mass is 32.2. The molecule has 2 N–H and O–H groups in total. The number of aliphatic hydroxyl groups is 1. The molecule has 2 heterocycles. The van der Waals surface area contributed by atoms with Gasteiger partial charge in [-0.25, -0.2) is 8.42 Å². The van der Waals surface area contributed by atoms with E-state index >= 15 is 0 Å². The second kappa shape index (κ2) is 5.35. The predicted octanol–water partition coefficient (Wildman–Crippen LogP) is -1.32. The first-order valence-corrected chi connectivity index (χ1v) is 8.21. The van der Waals surface area contributed by atoms with Crippen molar-refractivity contribution in [3.05, 3.63) is 0 Å². The van der Waals surface area contributed by atoms with Gasteiger partial charge in [-0.1, -0.05) is 0 Å². The maximum atomic E-state index is 12.0. The Morgan fingerprint density at radius 2 is 2.32 bits per heavy atom. The Balaban J connectivity index is 1.92. The quantitative estimate of drug-likeness (QED) is 0.670. The molecule has 2 fully saturated rings. The fraction of sp³-hybridized carbons (Fsp3) is 0.909. The molecule has 0 aromatic heterocycles. The zero-order valence-electron chi connectivity index (χ0n) is 11.0. The molecule has 2 atom stereocenters. The van der Waals surface area contributed by atoms with Crippen LogP contribution in [-0.4, -0.2) is 67.9 Å². The predicted molar refractivity (Wildman–Crippen MR) is 68.0 cm³/mol. The first kappa shape index (κ1) is 14.7. The lowest BCUT2D eigenvalue weighted by atomic mass is 10.0. The minimum absolute atomic E-state index is 0.0972. The number of hydrogen-bond acceptors (Lipinski definition) is 5. The summed E-state index contributed by atoms with van der Waals surface area (Å²) >= 11 is 0. The van der Waals surface area contributed by atoms with Crippen LogP contribution in [0, 0.1) is 0 Å². The Morgan fingerprint density at radius 1 is 1.58 bits per heavy atom. The van der Waals surface area contributed by atoms with Crippen LogP contribution in [0.15, 0.2) is 0 Å². The second-order valence-electron chi connectivity index (χ2n) is 5.28. The van der Waals surface area contributed by atoms with Gasteiger partial charge in [-0.05, 0) is 12.8 Å². The number of rotatable bonds is 4. The minimum atomic E-state index is -3.36. The molecule has 0 saturated carbocycles. The van der Waals surface area contributed by atoms with Gasteiger partial charge >= 0.3 is 0 Å². The topological polar surface area (TPSA) is 95.9 Å². The van der Waals surface area contributed by atoms with Crippen molar-refractivity contribution in [2.45, 2.75) is 30.9 Å². The van der Waals surface area contributed by atoms with Crippen molar-refractivity contribution in [3.8, 4) is 0 Å². The van der Waals surface area contributed by atoms with Gasteiger partial charge in [0.05, 0.1) is 12.9 Å². The maximum absolute atomic E-state index is 12.0. The van der Waals surface area contributed by atoms with Gasteiger partial charge in [0.25, 0.3) is 0 Å². The molecule has 2 aliphatic rings. The summed E-state index contributed by atoms with van der Waals surface area (Å²) in [6, 6.07) is -0.652. The van der Waals surface area contributed by atoms with Crippen molar-refractivity contribution in [2.75, 3.05) is 32.6 Å². The summed E-state index contributed by atoms with van der Waals surface area (Å²) < 4.78 is 29.4. The number of nitrogens with one attached hydrogen (secondary N) is 1. The summed E-state index contributed by atoms with van der Waals surface area (Å²) in [6.45, 7) is 1.16. The summed E-state index contributed by atoms with van der Waals surface area (Å²) in [7, 11) is -3.36. The summed E-state index contributed by atoms with van der Waals surface area (Å²) in [4.78, 5) is 12.0. The highest BCUT2D eigenvalue weighted by Gasteiger charge is 2.38. The Hall–Kier alpha value is -0.700. The van der Waals surface area contributed by atoms with Gasteiger partial charge in [-0.15, -0.1) is 0 Å². The Bertz CT molecular complexity index is 444. The van der Waals surface area contributed by atoms with Crippen LogP contribution in [0.3, 0.4) is 0 Å². The van der Waals surface area contributed by atoms with Gasteiger partial charge in [0.15, 0.2) is 0 Å². The van der Waals surface area contributed by atoms with Crippen LogP contribution >= 0.6 is 0 Å². The average molecular weight is 292 g/mol. The molecule has 0 radical (unpaired) electrons.